The van der Waals surface area contributed by atoms with Crippen LogP contribution in [-0.2, 0) is 11.3 Å². The van der Waals surface area contributed by atoms with E-state index in [1.165, 1.54) is 6.07 Å². The predicted molar refractivity (Wildman–Crippen MR) is 118 cm³/mol. The highest BCUT2D eigenvalue weighted by Crippen LogP contribution is 2.15. The Morgan fingerprint density at radius 1 is 1.36 bits per heavy atom. The van der Waals surface area contributed by atoms with Gasteiger partial charge in [-0.2, -0.15) is 8.78 Å². The summed E-state index contributed by atoms with van der Waals surface area (Å²) in [5.41, 5.74) is 0.827. The Bertz CT molecular complexity index is 605. The average molecular weight is 512 g/mol. The van der Waals surface area contributed by atoms with Crippen molar-refractivity contribution in [2.24, 2.45) is 10.9 Å². The first kappa shape index (κ1) is 24.8. The zero-order valence-electron chi connectivity index (χ0n) is 16.7. The molecule has 28 heavy (non-hydrogen) atoms. The summed E-state index contributed by atoms with van der Waals surface area (Å²) in [5.74, 6) is 1.42. The van der Waals surface area contributed by atoms with E-state index < -0.39 is 6.61 Å². The number of halogens is 3. The van der Waals surface area contributed by atoms with Gasteiger partial charge in [0.15, 0.2) is 5.96 Å². The van der Waals surface area contributed by atoms with Crippen molar-refractivity contribution in [3.8, 4) is 5.75 Å². The van der Waals surface area contributed by atoms with Crippen LogP contribution in [0.2, 0.25) is 0 Å². The first-order valence-electron chi connectivity index (χ1n) is 9.28. The molecule has 6 nitrogen and oxygen atoms in total. The molecule has 0 aromatic heterocycles. The highest BCUT2D eigenvalue weighted by molar-refractivity contribution is 14.0. The number of morpholine rings is 1. The van der Waals surface area contributed by atoms with Crippen molar-refractivity contribution in [2.75, 3.05) is 39.8 Å². The summed E-state index contributed by atoms with van der Waals surface area (Å²) in [6.45, 7) is 6.40. The van der Waals surface area contributed by atoms with Crippen molar-refractivity contribution in [2.45, 2.75) is 33.1 Å². The van der Waals surface area contributed by atoms with Gasteiger partial charge < -0.3 is 20.1 Å². The number of aliphatic imine (C=N–C) groups is 1. The average Bonchev–Trinajstić information content (AvgIpc) is 2.61. The number of guanidine groups is 1. The fraction of sp³-hybridized carbons (Fsp3) is 0.632. The van der Waals surface area contributed by atoms with E-state index in [-0.39, 0.29) is 35.8 Å². The highest BCUT2D eigenvalue weighted by Gasteiger charge is 2.21. The lowest BCUT2D eigenvalue weighted by molar-refractivity contribution is -0.0498. The van der Waals surface area contributed by atoms with Gasteiger partial charge >= 0.3 is 6.61 Å². The van der Waals surface area contributed by atoms with Crippen molar-refractivity contribution < 1.29 is 18.3 Å². The third-order valence-corrected chi connectivity index (χ3v) is 4.15. The minimum Gasteiger partial charge on any atom is -0.435 e. The van der Waals surface area contributed by atoms with Gasteiger partial charge in [-0.3, -0.25) is 9.89 Å². The summed E-state index contributed by atoms with van der Waals surface area (Å²) in [7, 11) is 1.69. The summed E-state index contributed by atoms with van der Waals surface area (Å²) in [5, 5.41) is 6.44. The van der Waals surface area contributed by atoms with Gasteiger partial charge in [-0.25, -0.2) is 0 Å². The maximum Gasteiger partial charge on any atom is 0.387 e. The molecule has 0 radical (unpaired) electrons. The van der Waals surface area contributed by atoms with E-state index in [0.29, 0.717) is 25.0 Å². The lowest BCUT2D eigenvalue weighted by atomic mass is 10.2. The lowest BCUT2D eigenvalue weighted by Gasteiger charge is -2.34. The molecule has 0 saturated carbocycles. The Labute approximate surface area is 183 Å². The van der Waals surface area contributed by atoms with E-state index in [1.54, 1.807) is 19.2 Å². The van der Waals surface area contributed by atoms with Crippen LogP contribution in [0.4, 0.5) is 8.78 Å². The topological polar surface area (TPSA) is 58.1 Å². The second kappa shape index (κ2) is 13.1. The van der Waals surface area contributed by atoms with E-state index in [4.69, 9.17) is 4.74 Å². The normalized spacial score (nSPS) is 18.1. The second-order valence-electron chi connectivity index (χ2n) is 6.98. The molecular weight excluding hydrogens is 481 g/mol. The number of alkyl halides is 2. The molecule has 0 bridgehead atoms. The maximum absolute atomic E-state index is 12.3. The first-order chi connectivity index (χ1) is 13.0. The number of nitrogens with zero attached hydrogens (tertiary/aromatic N) is 2. The quantitative estimate of drug-likeness (QED) is 0.319. The van der Waals surface area contributed by atoms with E-state index in [1.807, 2.05) is 6.07 Å². The largest absolute Gasteiger partial charge is 0.435 e. The molecule has 0 amide bonds. The molecule has 1 aromatic rings. The van der Waals surface area contributed by atoms with Crippen LogP contribution >= 0.6 is 24.0 Å². The molecule has 1 saturated heterocycles. The van der Waals surface area contributed by atoms with Gasteiger partial charge in [-0.15, -0.1) is 24.0 Å². The first-order valence-corrected chi connectivity index (χ1v) is 9.28. The second-order valence-corrected chi connectivity index (χ2v) is 6.98. The fourth-order valence-electron chi connectivity index (χ4n) is 3.03. The van der Waals surface area contributed by atoms with Crippen molar-refractivity contribution in [3.05, 3.63) is 29.8 Å². The van der Waals surface area contributed by atoms with Crippen LogP contribution in [0, 0.1) is 5.92 Å². The molecule has 1 fully saturated rings. The minimum absolute atomic E-state index is 0. The molecule has 1 aliphatic heterocycles. The molecule has 1 atom stereocenters. The lowest BCUT2D eigenvalue weighted by Crippen LogP contribution is -2.50. The number of rotatable bonds is 8. The molecule has 0 aliphatic carbocycles. The Morgan fingerprint density at radius 3 is 2.82 bits per heavy atom. The number of ether oxygens (including phenoxy) is 2. The Morgan fingerprint density at radius 2 is 2.14 bits per heavy atom. The van der Waals surface area contributed by atoms with Gasteiger partial charge in [-0.1, -0.05) is 26.0 Å². The summed E-state index contributed by atoms with van der Waals surface area (Å²) >= 11 is 0. The minimum atomic E-state index is -2.83. The molecule has 160 valence electrons. The van der Waals surface area contributed by atoms with Gasteiger partial charge in [0.05, 0.1) is 12.7 Å². The third-order valence-electron chi connectivity index (χ3n) is 4.15. The standard InChI is InChI=1S/C19H30F2N4O2.HI/c1-14(2)12-25-7-8-26-17(13-25)11-24-19(22-3)23-10-15-5-4-6-16(9-15)27-18(20)21;/h4-6,9,14,17-18H,7-8,10-13H2,1-3H3,(H2,22,23,24);1H. The molecule has 1 unspecified atom stereocenters. The maximum atomic E-state index is 12.3. The van der Waals surface area contributed by atoms with Crippen LogP contribution in [0.1, 0.15) is 19.4 Å². The predicted octanol–water partition coefficient (Wildman–Crippen LogP) is 2.93. The number of hydrogen-bond acceptors (Lipinski definition) is 4. The van der Waals surface area contributed by atoms with Crippen LogP contribution < -0.4 is 15.4 Å². The summed E-state index contributed by atoms with van der Waals surface area (Å²) in [6.07, 6.45) is 0.110. The van der Waals surface area contributed by atoms with Crippen LogP contribution in [0.15, 0.2) is 29.3 Å². The van der Waals surface area contributed by atoms with Crippen LogP contribution in [0.25, 0.3) is 0 Å². The van der Waals surface area contributed by atoms with Crippen LogP contribution in [0.5, 0.6) is 5.75 Å². The smallest absolute Gasteiger partial charge is 0.387 e. The monoisotopic (exact) mass is 512 g/mol. The van der Waals surface area contributed by atoms with Crippen LogP contribution in [0.3, 0.4) is 0 Å². The number of benzene rings is 1. The SMILES string of the molecule is CN=C(NCc1cccc(OC(F)F)c1)NCC1CN(CC(C)C)CCO1.I. The summed E-state index contributed by atoms with van der Waals surface area (Å²) in [4.78, 5) is 6.62. The van der Waals surface area contributed by atoms with Crippen molar-refractivity contribution in [1.29, 1.82) is 0 Å². The van der Waals surface area contributed by atoms with Gasteiger partial charge in [-0.05, 0) is 23.6 Å². The molecule has 0 spiro atoms. The molecule has 9 heteroatoms. The van der Waals surface area contributed by atoms with Gasteiger partial charge in [0.2, 0.25) is 0 Å². The summed E-state index contributed by atoms with van der Waals surface area (Å²) in [6, 6.07) is 6.61. The zero-order valence-corrected chi connectivity index (χ0v) is 19.0. The van der Waals surface area contributed by atoms with E-state index in [0.717, 1.165) is 31.8 Å². The molecule has 2 rings (SSSR count). The van der Waals surface area contributed by atoms with Crippen molar-refractivity contribution in [1.82, 2.24) is 15.5 Å². The zero-order chi connectivity index (χ0) is 19.6. The molecule has 1 heterocycles. The molecule has 1 aliphatic rings. The number of hydrogen-bond donors (Lipinski definition) is 2. The van der Waals surface area contributed by atoms with E-state index >= 15 is 0 Å². The van der Waals surface area contributed by atoms with Gasteiger partial charge in [0, 0.05) is 39.8 Å². The van der Waals surface area contributed by atoms with Gasteiger partial charge in [0.1, 0.15) is 5.75 Å². The molecular formula is C19H31F2IN4O2. The third kappa shape index (κ3) is 9.33. The molecule has 1 aromatic carbocycles. The van der Waals surface area contributed by atoms with E-state index in [9.17, 15) is 8.78 Å². The highest BCUT2D eigenvalue weighted by atomic mass is 127. The Hall–Kier alpha value is -1.20. The fourth-order valence-corrected chi connectivity index (χ4v) is 3.03. The Kier molecular flexibility index (Phi) is 11.6. The van der Waals surface area contributed by atoms with Crippen molar-refractivity contribution >= 4 is 29.9 Å². The van der Waals surface area contributed by atoms with Gasteiger partial charge in [0.25, 0.3) is 0 Å². The summed E-state index contributed by atoms with van der Waals surface area (Å²) < 4.78 is 34.9. The van der Waals surface area contributed by atoms with Crippen molar-refractivity contribution in [3.63, 3.8) is 0 Å². The molecule has 2 N–H and O–H groups in total. The number of nitrogens with one attached hydrogen (secondary N) is 2. The Balaban J connectivity index is 0.00000392. The van der Waals surface area contributed by atoms with Crippen LogP contribution in [-0.4, -0.2) is 63.4 Å². The van der Waals surface area contributed by atoms with E-state index in [2.05, 4.69) is 39.1 Å².